The smallest absolute Gasteiger partial charge is 0.292 e. The summed E-state index contributed by atoms with van der Waals surface area (Å²) in [4.78, 5) is 15.7. The quantitative estimate of drug-likeness (QED) is 0.642. The molecule has 2 spiro atoms. The first kappa shape index (κ1) is 20.8. The molecule has 0 radical (unpaired) electrons. The van der Waals surface area contributed by atoms with Crippen molar-refractivity contribution in [2.45, 2.75) is 103 Å². The number of nitrogens with zero attached hydrogens (tertiary/aromatic N) is 1. The number of ether oxygens (including phenoxy) is 6. The van der Waals surface area contributed by atoms with Crippen molar-refractivity contribution < 1.29 is 33.2 Å². The maximum atomic E-state index is 14.1. The van der Waals surface area contributed by atoms with Gasteiger partial charge in [-0.1, -0.05) is 6.08 Å². The van der Waals surface area contributed by atoms with Crippen LogP contribution in [-0.2, 0) is 33.2 Å². The fraction of sp³-hybridized carbons (Fsp3) is 0.864. The lowest BCUT2D eigenvalue weighted by Crippen LogP contribution is -2.61. The Kier molecular flexibility index (Phi) is 4.85. The number of likely N-dealkylation sites (tertiary alicyclic amines) is 1. The third-order valence-corrected chi connectivity index (χ3v) is 7.06. The zero-order valence-corrected chi connectivity index (χ0v) is 18.5. The SMILES string of the molecule is C[C@H]1C[C@H](C)OC(N2C(=O)C3(O[C@@H](C)C[C@H](C)O3)C3(C)CC4(CC=C23)OCCO4)O1. The standard InChI is InChI=1S/C22H33NO7/c1-13-10-14(2)28-19(27-13)23-17-6-7-21(25-8-9-26-21)12-20(17,5)22(18(23)24)29-15(3)11-16(4)30-22/h6,13-16,19H,7-12H2,1-5H3/t13-,14-,15-,16-,20?/m0/s1. The van der Waals surface area contributed by atoms with E-state index in [1.165, 1.54) is 0 Å². The van der Waals surface area contributed by atoms with Gasteiger partial charge in [0.25, 0.3) is 11.7 Å². The first-order valence-corrected chi connectivity index (χ1v) is 11.2. The molecule has 5 aliphatic rings. The third-order valence-electron chi connectivity index (χ3n) is 7.06. The van der Waals surface area contributed by atoms with Crippen LogP contribution < -0.4 is 0 Å². The maximum Gasteiger partial charge on any atom is 0.292 e. The molecule has 1 unspecified atom stereocenters. The van der Waals surface area contributed by atoms with Crippen molar-refractivity contribution in [2.24, 2.45) is 5.41 Å². The summed E-state index contributed by atoms with van der Waals surface area (Å²) in [5.74, 6) is -2.49. The topological polar surface area (TPSA) is 75.7 Å². The van der Waals surface area contributed by atoms with E-state index in [9.17, 15) is 4.79 Å². The van der Waals surface area contributed by atoms with Crippen molar-refractivity contribution in [1.29, 1.82) is 0 Å². The number of carbonyl (C=O) groups is 1. The Hall–Kier alpha value is -1.03. The summed E-state index contributed by atoms with van der Waals surface area (Å²) < 4.78 is 37.0. The number of hydrogen-bond acceptors (Lipinski definition) is 7. The molecule has 1 aliphatic carbocycles. The minimum Gasteiger partial charge on any atom is -0.347 e. The first-order chi connectivity index (χ1) is 14.2. The van der Waals surface area contributed by atoms with E-state index in [2.05, 4.69) is 0 Å². The van der Waals surface area contributed by atoms with Gasteiger partial charge in [0.05, 0.1) is 43.0 Å². The molecule has 0 bridgehead atoms. The fourth-order valence-electron chi connectivity index (χ4n) is 5.91. The first-order valence-electron chi connectivity index (χ1n) is 11.2. The molecule has 1 amide bonds. The third kappa shape index (κ3) is 2.92. The maximum absolute atomic E-state index is 14.1. The van der Waals surface area contributed by atoms with Gasteiger partial charge in [-0.3, -0.25) is 9.69 Å². The monoisotopic (exact) mass is 423 g/mol. The summed E-state index contributed by atoms with van der Waals surface area (Å²) in [5, 5.41) is 0. The second-order valence-electron chi connectivity index (χ2n) is 9.73. The van der Waals surface area contributed by atoms with Crippen LogP contribution in [-0.4, -0.2) is 66.4 Å². The van der Waals surface area contributed by atoms with Crippen molar-refractivity contribution in [3.8, 4) is 0 Å². The largest absolute Gasteiger partial charge is 0.347 e. The van der Waals surface area contributed by atoms with Gasteiger partial charge < -0.3 is 28.4 Å². The molecule has 8 nitrogen and oxygen atoms in total. The van der Waals surface area contributed by atoms with Gasteiger partial charge in [-0.2, -0.15) is 0 Å². The molecule has 8 heteroatoms. The normalized spacial score (nSPS) is 48.3. The molecule has 4 aliphatic heterocycles. The molecule has 4 heterocycles. The van der Waals surface area contributed by atoms with E-state index in [1.807, 2.05) is 40.7 Å². The Morgan fingerprint density at radius 3 is 2.10 bits per heavy atom. The van der Waals surface area contributed by atoms with Crippen LogP contribution in [0.4, 0.5) is 0 Å². The van der Waals surface area contributed by atoms with E-state index >= 15 is 0 Å². The van der Waals surface area contributed by atoms with Gasteiger partial charge in [0.15, 0.2) is 5.79 Å². The van der Waals surface area contributed by atoms with E-state index in [0.29, 0.717) is 26.1 Å². The summed E-state index contributed by atoms with van der Waals surface area (Å²) in [6.07, 6.45) is 3.48. The van der Waals surface area contributed by atoms with Gasteiger partial charge in [-0.15, -0.1) is 0 Å². The molecule has 5 rings (SSSR count). The highest BCUT2D eigenvalue weighted by molar-refractivity contribution is 5.91. The van der Waals surface area contributed by atoms with Gasteiger partial charge in [0, 0.05) is 18.5 Å². The van der Waals surface area contributed by atoms with Gasteiger partial charge in [-0.05, 0) is 47.5 Å². The lowest BCUT2D eigenvalue weighted by Gasteiger charge is -2.50. The molecule has 0 aromatic rings. The molecule has 4 fully saturated rings. The molecule has 0 aromatic heterocycles. The predicted octanol–water partition coefficient (Wildman–Crippen LogP) is 2.66. The fourth-order valence-corrected chi connectivity index (χ4v) is 5.91. The molecular weight excluding hydrogens is 390 g/mol. The van der Waals surface area contributed by atoms with Crippen molar-refractivity contribution in [3.63, 3.8) is 0 Å². The summed E-state index contributed by atoms with van der Waals surface area (Å²) in [6, 6.07) is 0. The molecule has 5 atom stereocenters. The summed E-state index contributed by atoms with van der Waals surface area (Å²) in [5.41, 5.74) is 0.0107. The van der Waals surface area contributed by atoms with Crippen LogP contribution in [0.2, 0.25) is 0 Å². The van der Waals surface area contributed by atoms with Crippen molar-refractivity contribution in [1.82, 2.24) is 4.90 Å². The molecule has 168 valence electrons. The Morgan fingerprint density at radius 1 is 0.933 bits per heavy atom. The Labute approximate surface area is 177 Å². The predicted molar refractivity (Wildman–Crippen MR) is 105 cm³/mol. The van der Waals surface area contributed by atoms with Crippen LogP contribution in [0.5, 0.6) is 0 Å². The number of amides is 1. The minimum atomic E-state index is -1.46. The lowest BCUT2D eigenvalue weighted by atomic mass is 9.70. The van der Waals surface area contributed by atoms with Crippen molar-refractivity contribution >= 4 is 5.91 Å². The molecule has 30 heavy (non-hydrogen) atoms. The molecular formula is C22H33NO7. The van der Waals surface area contributed by atoms with Crippen molar-refractivity contribution in [2.75, 3.05) is 13.2 Å². The summed E-state index contributed by atoms with van der Waals surface area (Å²) in [6.45, 7) is 11.1. The Balaban J connectivity index is 1.60. The molecule has 0 aromatic carbocycles. The molecule has 4 saturated heterocycles. The second kappa shape index (κ2) is 6.98. The number of carbonyl (C=O) groups excluding carboxylic acids is 1. The molecule has 0 N–H and O–H groups in total. The summed E-state index contributed by atoms with van der Waals surface area (Å²) in [7, 11) is 0. The van der Waals surface area contributed by atoms with Gasteiger partial charge >= 0.3 is 0 Å². The van der Waals surface area contributed by atoms with Crippen LogP contribution in [0.3, 0.4) is 0 Å². The van der Waals surface area contributed by atoms with Gasteiger partial charge in [-0.25, -0.2) is 0 Å². The van der Waals surface area contributed by atoms with Crippen LogP contribution in [0.25, 0.3) is 0 Å². The Bertz CT molecular complexity index is 728. The minimum absolute atomic E-state index is 0.0163. The summed E-state index contributed by atoms with van der Waals surface area (Å²) >= 11 is 0. The van der Waals surface area contributed by atoms with Crippen LogP contribution >= 0.6 is 0 Å². The highest BCUT2D eigenvalue weighted by Crippen LogP contribution is 2.61. The van der Waals surface area contributed by atoms with E-state index in [4.69, 9.17) is 28.4 Å². The highest BCUT2D eigenvalue weighted by Gasteiger charge is 2.73. The number of rotatable bonds is 1. The second-order valence-corrected chi connectivity index (χ2v) is 9.73. The van der Waals surface area contributed by atoms with E-state index < -0.39 is 23.4 Å². The van der Waals surface area contributed by atoms with Gasteiger partial charge in [0.2, 0.25) is 6.41 Å². The van der Waals surface area contributed by atoms with Crippen LogP contribution in [0.15, 0.2) is 11.8 Å². The Morgan fingerprint density at radius 2 is 1.50 bits per heavy atom. The average molecular weight is 424 g/mol. The molecule has 0 saturated carbocycles. The van der Waals surface area contributed by atoms with Crippen LogP contribution in [0.1, 0.15) is 60.3 Å². The van der Waals surface area contributed by atoms with E-state index in [0.717, 1.165) is 18.5 Å². The zero-order chi connectivity index (χ0) is 21.3. The lowest BCUT2D eigenvalue weighted by molar-refractivity contribution is -0.336. The van der Waals surface area contributed by atoms with Crippen molar-refractivity contribution in [3.05, 3.63) is 11.8 Å². The van der Waals surface area contributed by atoms with Gasteiger partial charge in [0.1, 0.15) is 0 Å². The van der Waals surface area contributed by atoms with E-state index in [1.54, 1.807) is 4.90 Å². The number of hydrogen-bond donors (Lipinski definition) is 0. The zero-order valence-electron chi connectivity index (χ0n) is 18.5. The number of fused-ring (bicyclic) bond motifs is 2. The van der Waals surface area contributed by atoms with Crippen LogP contribution in [0, 0.1) is 5.41 Å². The average Bonchev–Trinajstić information content (AvgIpc) is 3.15. The van der Waals surface area contributed by atoms with E-state index in [-0.39, 0.29) is 30.3 Å². The highest BCUT2D eigenvalue weighted by atomic mass is 16.8.